The van der Waals surface area contributed by atoms with Crippen LogP contribution in [0, 0.1) is 34.0 Å². The number of carbonyl (C=O) groups is 2. The summed E-state index contributed by atoms with van der Waals surface area (Å²) in [5.41, 5.74) is 2.14. The number of hydrogen-bond acceptors (Lipinski definition) is 2. The van der Waals surface area contributed by atoms with E-state index in [1.807, 2.05) is 13.0 Å². The predicted molar refractivity (Wildman–Crippen MR) is 93.4 cm³/mol. The molecule has 0 unspecified atom stereocenters. The number of Topliss-reactive ketones (excluding diaryl/α,β-unsaturated/α-hetero) is 1. The molecule has 0 N–H and O–H groups in total. The van der Waals surface area contributed by atoms with Crippen LogP contribution in [0.4, 0.5) is 0 Å². The molecular weight excluding hydrogens is 296 g/mol. The molecule has 0 radical (unpaired) electrons. The highest BCUT2D eigenvalue weighted by atomic mass is 16.1. The first-order valence-electron chi connectivity index (χ1n) is 10.2. The van der Waals surface area contributed by atoms with Crippen molar-refractivity contribution in [2.75, 3.05) is 0 Å². The van der Waals surface area contributed by atoms with Crippen LogP contribution in [-0.2, 0) is 9.59 Å². The molecule has 0 aliphatic heterocycles. The van der Waals surface area contributed by atoms with E-state index in [1.54, 1.807) is 0 Å². The Morgan fingerprint density at radius 1 is 1.04 bits per heavy atom. The SMILES string of the molecule is CC(=O)C12CCC3(CC1)[C@@H]1CCC4=CC(=O)CC[C@@H]4[C@H]1CC[C@]23C. The molecule has 0 aromatic rings. The van der Waals surface area contributed by atoms with Crippen molar-refractivity contribution < 1.29 is 9.59 Å². The fraction of sp³-hybridized carbons (Fsp3) is 0.818. The van der Waals surface area contributed by atoms with E-state index in [-0.39, 0.29) is 10.8 Å². The largest absolute Gasteiger partial charge is 0.299 e. The zero-order chi connectivity index (χ0) is 16.7. The number of hydrogen-bond donors (Lipinski definition) is 0. The Labute approximate surface area is 145 Å². The summed E-state index contributed by atoms with van der Waals surface area (Å²) in [6.07, 6.45) is 13.7. The maximum atomic E-state index is 12.7. The fourth-order valence-electron chi connectivity index (χ4n) is 8.69. The van der Waals surface area contributed by atoms with Gasteiger partial charge >= 0.3 is 0 Å². The van der Waals surface area contributed by atoms with E-state index in [9.17, 15) is 9.59 Å². The third kappa shape index (κ3) is 1.51. The second kappa shape index (κ2) is 4.62. The molecule has 0 aromatic heterocycles. The Hall–Kier alpha value is -0.920. The van der Waals surface area contributed by atoms with E-state index in [4.69, 9.17) is 0 Å². The Kier molecular flexibility index (Phi) is 2.95. The summed E-state index contributed by atoms with van der Waals surface area (Å²) in [6, 6.07) is 0. The minimum Gasteiger partial charge on any atom is -0.299 e. The van der Waals surface area contributed by atoms with Crippen molar-refractivity contribution in [3.05, 3.63) is 11.6 Å². The summed E-state index contributed by atoms with van der Waals surface area (Å²) >= 11 is 0. The fourth-order valence-corrected chi connectivity index (χ4v) is 8.69. The molecule has 2 nitrogen and oxygen atoms in total. The van der Waals surface area contributed by atoms with E-state index in [0.717, 1.165) is 43.9 Å². The topological polar surface area (TPSA) is 34.1 Å². The molecule has 4 fully saturated rings. The Morgan fingerprint density at radius 3 is 2.50 bits per heavy atom. The van der Waals surface area contributed by atoms with Crippen LogP contribution in [0.1, 0.15) is 78.1 Å². The molecule has 0 aromatic carbocycles. The average Bonchev–Trinajstić information content (AvgIpc) is 2.99. The molecule has 0 amide bonds. The van der Waals surface area contributed by atoms with Gasteiger partial charge < -0.3 is 0 Å². The Balaban J connectivity index is 1.56. The highest BCUT2D eigenvalue weighted by Gasteiger charge is 2.75. The van der Waals surface area contributed by atoms with Crippen LogP contribution < -0.4 is 0 Å². The van der Waals surface area contributed by atoms with Gasteiger partial charge in [-0.2, -0.15) is 0 Å². The third-order valence-corrected chi connectivity index (χ3v) is 9.81. The van der Waals surface area contributed by atoms with Gasteiger partial charge in [-0.25, -0.2) is 0 Å². The standard InChI is InChI=1S/C22H30O2/c1-14(23)21-9-11-22(12-10-21)19-6-3-15-13-16(24)4-5-17(15)18(19)7-8-20(21,22)2/h13,17-19H,3-12H2,1-2H3/t17-,18+,19+,20+,21?,22?/m0/s1. The molecule has 0 saturated heterocycles. The lowest BCUT2D eigenvalue weighted by Crippen LogP contribution is -2.53. The second-order valence-corrected chi connectivity index (χ2v) is 9.80. The maximum absolute atomic E-state index is 12.7. The minimum absolute atomic E-state index is 0.00336. The van der Waals surface area contributed by atoms with Gasteiger partial charge in [0.05, 0.1) is 0 Å². The lowest BCUT2D eigenvalue weighted by atomic mass is 9.45. The molecule has 5 aliphatic carbocycles. The van der Waals surface area contributed by atoms with Crippen molar-refractivity contribution >= 4 is 11.6 Å². The van der Waals surface area contributed by atoms with Crippen LogP contribution in [0.5, 0.6) is 0 Å². The predicted octanol–water partition coefficient (Wildman–Crippen LogP) is 4.87. The van der Waals surface area contributed by atoms with E-state index < -0.39 is 0 Å². The molecule has 2 heteroatoms. The van der Waals surface area contributed by atoms with Gasteiger partial charge in [-0.3, -0.25) is 9.59 Å². The van der Waals surface area contributed by atoms with Crippen LogP contribution in [0.25, 0.3) is 0 Å². The molecule has 5 aliphatic rings. The molecule has 0 heterocycles. The monoisotopic (exact) mass is 326 g/mol. The quantitative estimate of drug-likeness (QED) is 0.689. The number of rotatable bonds is 1. The van der Waals surface area contributed by atoms with Gasteiger partial charge in [-0.05, 0) is 99.4 Å². The molecule has 24 heavy (non-hydrogen) atoms. The highest BCUT2D eigenvalue weighted by Crippen LogP contribution is 2.80. The highest BCUT2D eigenvalue weighted by molar-refractivity contribution is 5.91. The molecule has 5 rings (SSSR count). The van der Waals surface area contributed by atoms with Crippen LogP contribution >= 0.6 is 0 Å². The van der Waals surface area contributed by atoms with E-state index >= 15 is 0 Å². The van der Waals surface area contributed by atoms with E-state index in [2.05, 4.69) is 6.92 Å². The molecule has 4 saturated carbocycles. The molecule has 130 valence electrons. The molecule has 4 atom stereocenters. The molecular formula is C22H30O2. The van der Waals surface area contributed by atoms with Crippen molar-refractivity contribution in [1.82, 2.24) is 0 Å². The zero-order valence-electron chi connectivity index (χ0n) is 15.2. The van der Waals surface area contributed by atoms with Gasteiger partial charge in [0.25, 0.3) is 0 Å². The van der Waals surface area contributed by atoms with Crippen LogP contribution in [0.2, 0.25) is 0 Å². The van der Waals surface area contributed by atoms with E-state index in [0.29, 0.717) is 22.9 Å². The number of allylic oxidation sites excluding steroid dienone is 1. The van der Waals surface area contributed by atoms with Crippen molar-refractivity contribution in [2.45, 2.75) is 78.1 Å². The number of fused-ring (bicyclic) bond motifs is 3. The first-order valence-corrected chi connectivity index (χ1v) is 10.2. The first-order chi connectivity index (χ1) is 11.4. The Bertz CT molecular complexity index is 649. The van der Waals surface area contributed by atoms with Gasteiger partial charge in [-0.1, -0.05) is 12.5 Å². The Morgan fingerprint density at radius 2 is 1.79 bits per heavy atom. The van der Waals surface area contributed by atoms with Gasteiger partial charge in [0.2, 0.25) is 0 Å². The van der Waals surface area contributed by atoms with Crippen LogP contribution in [0.15, 0.2) is 11.6 Å². The summed E-state index contributed by atoms with van der Waals surface area (Å²) in [5.74, 6) is 3.09. The van der Waals surface area contributed by atoms with Crippen molar-refractivity contribution in [2.24, 2.45) is 34.0 Å². The van der Waals surface area contributed by atoms with Crippen molar-refractivity contribution in [3.63, 3.8) is 0 Å². The second-order valence-electron chi connectivity index (χ2n) is 9.80. The summed E-state index contributed by atoms with van der Waals surface area (Å²) in [6.45, 7) is 4.35. The van der Waals surface area contributed by atoms with Gasteiger partial charge in [0.15, 0.2) is 5.78 Å². The van der Waals surface area contributed by atoms with Gasteiger partial charge in [-0.15, -0.1) is 0 Å². The number of carbonyl (C=O) groups excluding carboxylic acids is 2. The lowest BCUT2D eigenvalue weighted by Gasteiger charge is -2.59. The molecule has 2 bridgehead atoms. The van der Waals surface area contributed by atoms with Crippen LogP contribution in [0.3, 0.4) is 0 Å². The van der Waals surface area contributed by atoms with Crippen molar-refractivity contribution in [3.8, 4) is 0 Å². The van der Waals surface area contributed by atoms with E-state index in [1.165, 1.54) is 37.7 Å². The summed E-state index contributed by atoms with van der Waals surface area (Å²) in [4.78, 5) is 24.5. The zero-order valence-corrected chi connectivity index (χ0v) is 15.2. The van der Waals surface area contributed by atoms with Gasteiger partial charge in [0.1, 0.15) is 5.78 Å². The lowest BCUT2D eigenvalue weighted by molar-refractivity contribution is -0.139. The van der Waals surface area contributed by atoms with Crippen molar-refractivity contribution in [1.29, 1.82) is 0 Å². The summed E-state index contributed by atoms with van der Waals surface area (Å²) in [5, 5.41) is 0. The normalized spacial score (nSPS) is 52.3. The molecule has 0 spiro atoms. The average molecular weight is 326 g/mol. The first kappa shape index (κ1) is 15.3. The summed E-state index contributed by atoms with van der Waals surface area (Å²) in [7, 11) is 0. The van der Waals surface area contributed by atoms with Gasteiger partial charge in [0, 0.05) is 11.8 Å². The minimum atomic E-state index is -0.00336. The smallest absolute Gasteiger partial charge is 0.155 e. The third-order valence-electron chi connectivity index (χ3n) is 9.81. The maximum Gasteiger partial charge on any atom is 0.155 e. The summed E-state index contributed by atoms with van der Waals surface area (Å²) < 4.78 is 0. The number of ketones is 2. The van der Waals surface area contributed by atoms with Crippen LogP contribution in [-0.4, -0.2) is 11.6 Å².